The first kappa shape index (κ1) is 19.0. The smallest absolute Gasteiger partial charge is 0.0221 e. The summed E-state index contributed by atoms with van der Waals surface area (Å²) in [6.45, 7) is 12.6. The Morgan fingerprint density at radius 2 is 1.43 bits per heavy atom. The average Bonchev–Trinajstić information content (AvgIpc) is 2.46. The van der Waals surface area contributed by atoms with Crippen LogP contribution in [-0.2, 0) is 0 Å². The van der Waals surface area contributed by atoms with Crippen molar-refractivity contribution in [3.05, 3.63) is 0 Å². The molecular weight excluding hydrogens is 256 g/mol. The normalized spacial score (nSPS) is 18.9. The lowest BCUT2D eigenvalue weighted by atomic mass is 9.84. The van der Waals surface area contributed by atoms with Gasteiger partial charge >= 0.3 is 0 Å². The second-order valence-electron chi connectivity index (χ2n) is 8.03. The van der Waals surface area contributed by atoms with Crippen LogP contribution in [0.2, 0.25) is 0 Å². The highest BCUT2D eigenvalue weighted by Gasteiger charge is 2.23. The van der Waals surface area contributed by atoms with Gasteiger partial charge in [0.05, 0.1) is 0 Å². The summed E-state index contributed by atoms with van der Waals surface area (Å²) in [7, 11) is 0. The van der Waals surface area contributed by atoms with Gasteiger partial charge in [0.15, 0.2) is 0 Å². The molecule has 0 saturated heterocycles. The second-order valence-corrected chi connectivity index (χ2v) is 8.03. The highest BCUT2D eigenvalue weighted by molar-refractivity contribution is 4.79. The Kier molecular flexibility index (Phi) is 9.59. The van der Waals surface area contributed by atoms with Gasteiger partial charge in [-0.2, -0.15) is 0 Å². The number of nitrogens with zero attached hydrogens (tertiary/aromatic N) is 1. The van der Waals surface area contributed by atoms with Crippen molar-refractivity contribution < 1.29 is 0 Å². The third-order valence-electron chi connectivity index (χ3n) is 5.11. The second kappa shape index (κ2) is 10.6. The molecule has 1 rings (SSSR count). The van der Waals surface area contributed by atoms with Gasteiger partial charge in [0.25, 0.3) is 0 Å². The van der Waals surface area contributed by atoms with E-state index < -0.39 is 0 Å². The zero-order chi connectivity index (χ0) is 15.7. The Morgan fingerprint density at radius 1 is 0.905 bits per heavy atom. The van der Waals surface area contributed by atoms with Crippen LogP contribution >= 0.6 is 0 Å². The first-order valence-corrected chi connectivity index (χ1v) is 9.47. The van der Waals surface area contributed by atoms with Crippen molar-refractivity contribution in [1.82, 2.24) is 4.90 Å². The summed E-state index contributed by atoms with van der Waals surface area (Å²) in [5, 5.41) is 0. The third-order valence-corrected chi connectivity index (χ3v) is 5.11. The summed E-state index contributed by atoms with van der Waals surface area (Å²) in [5.74, 6) is 2.52. The lowest BCUT2D eigenvalue weighted by Crippen LogP contribution is -2.43. The summed E-state index contributed by atoms with van der Waals surface area (Å²) in [6.07, 6.45) is 11.2. The Labute approximate surface area is 133 Å². The van der Waals surface area contributed by atoms with Crippen LogP contribution in [0.25, 0.3) is 0 Å². The Hall–Kier alpha value is -0.0800. The molecule has 0 radical (unpaired) electrons. The van der Waals surface area contributed by atoms with Crippen LogP contribution in [0, 0.1) is 17.8 Å². The maximum absolute atomic E-state index is 6.16. The van der Waals surface area contributed by atoms with Crippen LogP contribution in [0.4, 0.5) is 0 Å². The quantitative estimate of drug-likeness (QED) is 0.634. The molecule has 0 heterocycles. The maximum atomic E-state index is 6.16. The minimum Gasteiger partial charge on any atom is -0.329 e. The fourth-order valence-corrected chi connectivity index (χ4v) is 3.53. The van der Waals surface area contributed by atoms with Gasteiger partial charge in [-0.15, -0.1) is 0 Å². The Balaban J connectivity index is 2.52. The molecule has 2 nitrogen and oxygen atoms in total. The van der Waals surface area contributed by atoms with Gasteiger partial charge in [0.1, 0.15) is 0 Å². The van der Waals surface area contributed by atoms with E-state index in [2.05, 4.69) is 32.6 Å². The summed E-state index contributed by atoms with van der Waals surface area (Å²) in [4.78, 5) is 2.72. The molecule has 0 aromatic carbocycles. The van der Waals surface area contributed by atoms with E-state index in [1.807, 2.05) is 0 Å². The summed E-state index contributed by atoms with van der Waals surface area (Å²) >= 11 is 0. The minimum atomic E-state index is 0.616. The average molecular weight is 297 g/mol. The largest absolute Gasteiger partial charge is 0.329 e. The first-order valence-electron chi connectivity index (χ1n) is 9.47. The van der Waals surface area contributed by atoms with Crippen molar-refractivity contribution in [3.8, 4) is 0 Å². The van der Waals surface area contributed by atoms with E-state index in [-0.39, 0.29) is 0 Å². The molecule has 1 aliphatic rings. The fourth-order valence-electron chi connectivity index (χ4n) is 3.53. The molecule has 1 aliphatic carbocycles. The predicted molar refractivity (Wildman–Crippen MR) is 94.5 cm³/mol. The highest BCUT2D eigenvalue weighted by atomic mass is 15.2. The van der Waals surface area contributed by atoms with E-state index in [4.69, 9.17) is 5.73 Å². The van der Waals surface area contributed by atoms with Crippen LogP contribution in [0.3, 0.4) is 0 Å². The van der Waals surface area contributed by atoms with Crippen LogP contribution in [-0.4, -0.2) is 30.6 Å². The maximum Gasteiger partial charge on any atom is 0.0221 e. The molecule has 0 amide bonds. The van der Waals surface area contributed by atoms with E-state index in [1.165, 1.54) is 64.5 Å². The van der Waals surface area contributed by atoms with Crippen LogP contribution in [0.1, 0.15) is 79.1 Å². The Bertz CT molecular complexity index is 232. The monoisotopic (exact) mass is 296 g/mol. The standard InChI is InChI=1S/C19H40N2/c1-16(2)10-12-21(13-11-17(3)4)19(15-20)14-18-8-6-5-7-9-18/h16-19H,5-15,20H2,1-4H3. The van der Waals surface area contributed by atoms with Crippen molar-refractivity contribution in [2.75, 3.05) is 19.6 Å². The molecular formula is C19H40N2. The van der Waals surface area contributed by atoms with E-state index in [9.17, 15) is 0 Å². The lowest BCUT2D eigenvalue weighted by Gasteiger charge is -2.35. The van der Waals surface area contributed by atoms with Crippen LogP contribution in [0.15, 0.2) is 0 Å². The van der Waals surface area contributed by atoms with Crippen molar-refractivity contribution in [2.45, 2.75) is 85.1 Å². The zero-order valence-corrected chi connectivity index (χ0v) is 15.1. The molecule has 1 atom stereocenters. The van der Waals surface area contributed by atoms with Gasteiger partial charge in [-0.25, -0.2) is 0 Å². The van der Waals surface area contributed by atoms with Gasteiger partial charge < -0.3 is 5.73 Å². The predicted octanol–water partition coefficient (Wildman–Crippen LogP) is 4.68. The number of nitrogens with two attached hydrogens (primary N) is 1. The van der Waals surface area contributed by atoms with Gasteiger partial charge in [0, 0.05) is 12.6 Å². The fraction of sp³-hybridized carbons (Fsp3) is 1.00. The van der Waals surface area contributed by atoms with Gasteiger partial charge in [0.2, 0.25) is 0 Å². The van der Waals surface area contributed by atoms with Crippen molar-refractivity contribution >= 4 is 0 Å². The van der Waals surface area contributed by atoms with Gasteiger partial charge in [-0.05, 0) is 50.1 Å². The summed E-state index contributed by atoms with van der Waals surface area (Å²) in [6, 6.07) is 0.616. The molecule has 126 valence electrons. The van der Waals surface area contributed by atoms with Crippen LogP contribution in [0.5, 0.6) is 0 Å². The topological polar surface area (TPSA) is 29.3 Å². The molecule has 2 heteroatoms. The molecule has 2 N–H and O–H groups in total. The third kappa shape index (κ3) is 8.21. The van der Waals surface area contributed by atoms with Gasteiger partial charge in [-0.1, -0.05) is 59.8 Å². The molecule has 1 saturated carbocycles. The number of hydrogen-bond acceptors (Lipinski definition) is 2. The van der Waals surface area contributed by atoms with E-state index in [0.29, 0.717) is 6.04 Å². The summed E-state index contributed by atoms with van der Waals surface area (Å²) < 4.78 is 0. The molecule has 0 bridgehead atoms. The molecule has 0 aromatic heterocycles. The zero-order valence-electron chi connectivity index (χ0n) is 15.1. The SMILES string of the molecule is CC(C)CCN(CCC(C)C)C(CN)CC1CCCCC1. The Morgan fingerprint density at radius 3 is 1.86 bits per heavy atom. The highest BCUT2D eigenvalue weighted by Crippen LogP contribution is 2.28. The lowest BCUT2D eigenvalue weighted by molar-refractivity contribution is 0.146. The van der Waals surface area contributed by atoms with Crippen molar-refractivity contribution in [2.24, 2.45) is 23.5 Å². The van der Waals surface area contributed by atoms with E-state index >= 15 is 0 Å². The van der Waals surface area contributed by atoms with E-state index in [0.717, 1.165) is 24.3 Å². The molecule has 1 fully saturated rings. The number of hydrogen-bond donors (Lipinski definition) is 1. The first-order chi connectivity index (χ1) is 10.0. The number of rotatable bonds is 10. The van der Waals surface area contributed by atoms with Crippen LogP contribution < -0.4 is 5.73 Å². The van der Waals surface area contributed by atoms with Gasteiger partial charge in [-0.3, -0.25) is 4.90 Å². The van der Waals surface area contributed by atoms with Crippen molar-refractivity contribution in [1.29, 1.82) is 0 Å². The van der Waals surface area contributed by atoms with Crippen molar-refractivity contribution in [3.63, 3.8) is 0 Å². The molecule has 0 spiro atoms. The molecule has 21 heavy (non-hydrogen) atoms. The molecule has 0 aromatic rings. The summed E-state index contributed by atoms with van der Waals surface area (Å²) in [5.41, 5.74) is 6.16. The molecule has 1 unspecified atom stereocenters. The van der Waals surface area contributed by atoms with E-state index in [1.54, 1.807) is 0 Å². The molecule has 0 aliphatic heterocycles. The minimum absolute atomic E-state index is 0.616.